The molecule has 1 saturated heterocycles. The summed E-state index contributed by atoms with van der Waals surface area (Å²) in [5.74, 6) is 0.467. The van der Waals surface area contributed by atoms with Gasteiger partial charge in [0.25, 0.3) is 5.91 Å². The summed E-state index contributed by atoms with van der Waals surface area (Å²) < 4.78 is 0. The van der Waals surface area contributed by atoms with Gasteiger partial charge in [-0.25, -0.2) is 9.97 Å². The molecule has 1 atom stereocenters. The normalized spacial score (nSPS) is 17.4. The molecule has 1 aliphatic rings. The monoisotopic (exact) mass is 358 g/mol. The van der Waals surface area contributed by atoms with Gasteiger partial charge in [0.15, 0.2) is 0 Å². The van der Waals surface area contributed by atoms with E-state index in [1.165, 1.54) is 6.42 Å². The number of rotatable bonds is 5. The highest BCUT2D eigenvalue weighted by molar-refractivity contribution is 6.30. The van der Waals surface area contributed by atoms with E-state index in [1.54, 1.807) is 12.3 Å². The van der Waals surface area contributed by atoms with Crippen LogP contribution in [0.1, 0.15) is 48.7 Å². The van der Waals surface area contributed by atoms with Crippen molar-refractivity contribution in [2.45, 2.75) is 45.2 Å². The molecule has 0 bridgehead atoms. The minimum absolute atomic E-state index is 0.191. The zero-order valence-corrected chi connectivity index (χ0v) is 15.2. The fourth-order valence-corrected chi connectivity index (χ4v) is 3.30. The van der Waals surface area contributed by atoms with E-state index >= 15 is 0 Å². The maximum Gasteiger partial charge on any atom is 0.270 e. The Kier molecular flexibility index (Phi) is 5.87. The summed E-state index contributed by atoms with van der Waals surface area (Å²) in [5.41, 5.74) is 1.40. The van der Waals surface area contributed by atoms with Crippen LogP contribution in [0.3, 0.4) is 0 Å². The molecular weight excluding hydrogens is 336 g/mol. The molecule has 1 aromatic heterocycles. The van der Waals surface area contributed by atoms with E-state index in [9.17, 15) is 4.79 Å². The number of amides is 1. The van der Waals surface area contributed by atoms with Crippen LogP contribution in [0.2, 0.25) is 5.02 Å². The molecule has 5 nitrogen and oxygen atoms in total. The van der Waals surface area contributed by atoms with E-state index in [-0.39, 0.29) is 5.91 Å². The van der Waals surface area contributed by atoms with E-state index in [0.717, 1.165) is 31.4 Å². The van der Waals surface area contributed by atoms with Gasteiger partial charge in [0.05, 0.1) is 0 Å². The van der Waals surface area contributed by atoms with Crippen LogP contribution < -0.4 is 10.2 Å². The van der Waals surface area contributed by atoms with Gasteiger partial charge in [-0.3, -0.25) is 4.79 Å². The first-order valence-corrected chi connectivity index (χ1v) is 9.17. The lowest BCUT2D eigenvalue weighted by atomic mass is 10.0. The second-order valence-corrected chi connectivity index (χ2v) is 6.74. The fourth-order valence-electron chi connectivity index (χ4n) is 3.18. The van der Waals surface area contributed by atoms with Crippen molar-refractivity contribution in [1.29, 1.82) is 0 Å². The molecule has 0 aliphatic carbocycles. The van der Waals surface area contributed by atoms with Gasteiger partial charge in [-0.2, -0.15) is 0 Å². The number of halogens is 1. The van der Waals surface area contributed by atoms with Crippen LogP contribution in [0.4, 0.5) is 5.95 Å². The smallest absolute Gasteiger partial charge is 0.270 e. The van der Waals surface area contributed by atoms with Crippen molar-refractivity contribution < 1.29 is 4.79 Å². The lowest BCUT2D eigenvalue weighted by Crippen LogP contribution is -2.40. The largest absolute Gasteiger partial charge is 0.347 e. The van der Waals surface area contributed by atoms with Crippen LogP contribution in [0.5, 0.6) is 0 Å². The molecule has 3 rings (SSSR count). The van der Waals surface area contributed by atoms with Crippen LogP contribution in [0.15, 0.2) is 36.5 Å². The summed E-state index contributed by atoms with van der Waals surface area (Å²) in [6.07, 6.45) is 6.28. The van der Waals surface area contributed by atoms with E-state index < -0.39 is 0 Å². The van der Waals surface area contributed by atoms with Crippen LogP contribution in [0.25, 0.3) is 0 Å². The zero-order chi connectivity index (χ0) is 17.6. The highest BCUT2D eigenvalue weighted by atomic mass is 35.5. The third-order valence-electron chi connectivity index (χ3n) is 4.60. The Bertz CT molecular complexity index is 720. The Hall–Kier alpha value is -2.14. The molecule has 2 aromatic rings. The average Bonchev–Trinajstić information content (AvgIpc) is 2.67. The van der Waals surface area contributed by atoms with Crippen molar-refractivity contribution in [3.8, 4) is 0 Å². The van der Waals surface area contributed by atoms with E-state index in [4.69, 9.17) is 11.6 Å². The third-order valence-corrected chi connectivity index (χ3v) is 4.85. The van der Waals surface area contributed by atoms with Gasteiger partial charge in [0, 0.05) is 30.4 Å². The number of carbonyl (C=O) groups excluding carboxylic acids is 1. The first-order chi connectivity index (χ1) is 12.2. The lowest BCUT2D eigenvalue weighted by Gasteiger charge is -2.35. The van der Waals surface area contributed by atoms with Crippen LogP contribution in [-0.2, 0) is 6.54 Å². The number of hydrogen-bond donors (Lipinski definition) is 1. The summed E-state index contributed by atoms with van der Waals surface area (Å²) in [4.78, 5) is 23.6. The van der Waals surface area contributed by atoms with Gasteiger partial charge < -0.3 is 10.2 Å². The van der Waals surface area contributed by atoms with Crippen molar-refractivity contribution in [2.24, 2.45) is 0 Å². The van der Waals surface area contributed by atoms with Crippen LogP contribution in [-0.4, -0.2) is 28.5 Å². The summed E-state index contributed by atoms with van der Waals surface area (Å²) in [7, 11) is 0. The van der Waals surface area contributed by atoms with Gasteiger partial charge >= 0.3 is 0 Å². The fraction of sp³-hybridized carbons (Fsp3) is 0.421. The third kappa shape index (κ3) is 4.48. The highest BCUT2D eigenvalue weighted by Crippen LogP contribution is 2.23. The number of nitrogens with zero attached hydrogens (tertiary/aromatic N) is 3. The summed E-state index contributed by atoms with van der Waals surface area (Å²) >= 11 is 5.88. The zero-order valence-electron chi connectivity index (χ0n) is 14.4. The number of carbonyl (C=O) groups is 1. The average molecular weight is 359 g/mol. The van der Waals surface area contributed by atoms with E-state index in [0.29, 0.717) is 29.3 Å². The number of benzene rings is 1. The van der Waals surface area contributed by atoms with Gasteiger partial charge in [0.1, 0.15) is 5.69 Å². The van der Waals surface area contributed by atoms with Crippen molar-refractivity contribution in [1.82, 2.24) is 15.3 Å². The number of aromatic nitrogens is 2. The topological polar surface area (TPSA) is 58.1 Å². The Balaban J connectivity index is 1.67. The number of nitrogens with one attached hydrogen (secondary N) is 1. The molecule has 1 unspecified atom stereocenters. The summed E-state index contributed by atoms with van der Waals surface area (Å²) in [5, 5.41) is 3.58. The molecule has 0 spiro atoms. The maximum atomic E-state index is 12.4. The molecule has 2 heterocycles. The minimum atomic E-state index is -0.191. The molecule has 0 radical (unpaired) electrons. The molecular formula is C19H23ClN4O. The Morgan fingerprint density at radius 1 is 1.28 bits per heavy atom. The highest BCUT2D eigenvalue weighted by Gasteiger charge is 2.23. The predicted octanol–water partition coefficient (Wildman–Crippen LogP) is 3.83. The molecule has 0 saturated carbocycles. The first-order valence-electron chi connectivity index (χ1n) is 8.79. The molecule has 1 amide bonds. The molecule has 1 aromatic carbocycles. The second kappa shape index (κ2) is 8.30. The minimum Gasteiger partial charge on any atom is -0.347 e. The van der Waals surface area contributed by atoms with E-state index in [1.807, 2.05) is 24.3 Å². The number of piperidine rings is 1. The first kappa shape index (κ1) is 17.7. The Morgan fingerprint density at radius 2 is 2.08 bits per heavy atom. The number of anilines is 1. The lowest BCUT2D eigenvalue weighted by molar-refractivity contribution is 0.0945. The van der Waals surface area contributed by atoms with Gasteiger partial charge in [0.2, 0.25) is 5.95 Å². The molecule has 132 valence electrons. The second-order valence-electron chi connectivity index (χ2n) is 6.30. The molecule has 1 fully saturated rings. The number of hydrogen-bond acceptors (Lipinski definition) is 4. The molecule has 1 aliphatic heterocycles. The van der Waals surface area contributed by atoms with Crippen LogP contribution >= 0.6 is 11.6 Å². The standard InChI is InChI=1S/C19H23ClN4O/c1-2-16-5-3-4-12-24(16)19-21-11-10-17(23-19)18(25)22-13-14-6-8-15(20)9-7-14/h6-11,16H,2-5,12-13H2,1H3,(H,22,25). The van der Waals surface area contributed by atoms with Gasteiger partial charge in [-0.05, 0) is 49.4 Å². The van der Waals surface area contributed by atoms with Gasteiger partial charge in [-0.1, -0.05) is 30.7 Å². The van der Waals surface area contributed by atoms with E-state index in [2.05, 4.69) is 27.1 Å². The van der Waals surface area contributed by atoms with Crippen molar-refractivity contribution in [3.05, 3.63) is 52.8 Å². The summed E-state index contributed by atoms with van der Waals surface area (Å²) in [6, 6.07) is 9.54. The predicted molar refractivity (Wildman–Crippen MR) is 99.9 cm³/mol. The quantitative estimate of drug-likeness (QED) is 0.882. The SMILES string of the molecule is CCC1CCCCN1c1nccc(C(=O)NCc2ccc(Cl)cc2)n1. The molecule has 1 N–H and O–H groups in total. The van der Waals surface area contributed by atoms with Crippen molar-refractivity contribution in [3.63, 3.8) is 0 Å². The molecule has 6 heteroatoms. The van der Waals surface area contributed by atoms with Crippen LogP contribution in [0, 0.1) is 0 Å². The van der Waals surface area contributed by atoms with Crippen molar-refractivity contribution in [2.75, 3.05) is 11.4 Å². The summed E-state index contributed by atoms with van der Waals surface area (Å²) in [6.45, 7) is 3.58. The Labute approximate surface area is 153 Å². The van der Waals surface area contributed by atoms with Gasteiger partial charge in [-0.15, -0.1) is 0 Å². The van der Waals surface area contributed by atoms with Crippen molar-refractivity contribution >= 4 is 23.5 Å². The maximum absolute atomic E-state index is 12.4. The Morgan fingerprint density at radius 3 is 2.84 bits per heavy atom. The molecule has 25 heavy (non-hydrogen) atoms.